The van der Waals surface area contributed by atoms with Gasteiger partial charge in [-0.15, -0.1) is 0 Å². The van der Waals surface area contributed by atoms with Crippen LogP contribution in [0.25, 0.3) is 17.0 Å². The van der Waals surface area contributed by atoms with Gasteiger partial charge in [0.1, 0.15) is 0 Å². The highest BCUT2D eigenvalue weighted by atomic mass is 16.2. The first-order valence-electron chi connectivity index (χ1n) is 8.50. The molecule has 5 heteroatoms. The van der Waals surface area contributed by atoms with Crippen LogP contribution in [0.2, 0.25) is 0 Å². The maximum absolute atomic E-state index is 12.0. The summed E-state index contributed by atoms with van der Waals surface area (Å²) in [6.45, 7) is 2.04. The van der Waals surface area contributed by atoms with Gasteiger partial charge in [-0.25, -0.2) is 0 Å². The topological polar surface area (TPSA) is 74.0 Å². The Morgan fingerprint density at radius 1 is 1.08 bits per heavy atom. The first-order chi connectivity index (χ1) is 12.6. The molecule has 2 aromatic carbocycles. The molecule has 132 valence electrons. The smallest absolute Gasteiger partial charge is 0.244 e. The predicted octanol–water partition coefficient (Wildman–Crippen LogP) is 3.50. The van der Waals surface area contributed by atoms with Crippen LogP contribution in [-0.4, -0.2) is 23.3 Å². The zero-order valence-electron chi connectivity index (χ0n) is 14.6. The molecule has 1 heterocycles. The summed E-state index contributed by atoms with van der Waals surface area (Å²) in [5.74, 6) is -0.237. The number of H-pyrrole nitrogens is 1. The third-order valence-corrected chi connectivity index (χ3v) is 4.03. The Hall–Kier alpha value is -3.34. The number of carbonyl (C=O) groups is 2. The Morgan fingerprint density at radius 2 is 1.85 bits per heavy atom. The predicted molar refractivity (Wildman–Crippen MR) is 105 cm³/mol. The van der Waals surface area contributed by atoms with E-state index in [0.717, 1.165) is 23.2 Å². The maximum atomic E-state index is 12.0. The van der Waals surface area contributed by atoms with Crippen molar-refractivity contribution in [3.05, 3.63) is 71.9 Å². The van der Waals surface area contributed by atoms with Gasteiger partial charge in [-0.2, -0.15) is 0 Å². The second-order valence-corrected chi connectivity index (χ2v) is 6.04. The fourth-order valence-corrected chi connectivity index (χ4v) is 2.77. The molecule has 0 fully saturated rings. The molecule has 3 rings (SSSR count). The lowest BCUT2D eigenvalue weighted by molar-refractivity contribution is -0.116. The zero-order valence-corrected chi connectivity index (χ0v) is 14.6. The minimum absolute atomic E-state index is 0.108. The van der Waals surface area contributed by atoms with Gasteiger partial charge >= 0.3 is 0 Å². The summed E-state index contributed by atoms with van der Waals surface area (Å²) in [4.78, 5) is 26.2. The second-order valence-electron chi connectivity index (χ2n) is 6.04. The van der Waals surface area contributed by atoms with Gasteiger partial charge in [-0.1, -0.05) is 30.3 Å². The molecule has 0 spiro atoms. The second kappa shape index (κ2) is 8.16. The van der Waals surface area contributed by atoms with E-state index in [1.165, 1.54) is 23.9 Å². The molecule has 0 atom stereocenters. The Bertz CT molecular complexity index is 939. The standard InChI is InChI=1S/C21H21N3O2/c1-15(25)24-18-9-6-16(7-10-18)8-11-21(26)22-13-12-17-14-23-20-5-3-2-4-19(17)20/h2-11,14,23H,12-13H2,1H3,(H,22,26)(H,24,25)/b11-8+. The SMILES string of the molecule is CC(=O)Nc1ccc(/C=C/C(=O)NCCc2c[nH]c3ccccc23)cc1. The van der Waals surface area contributed by atoms with Crippen molar-refractivity contribution in [3.63, 3.8) is 0 Å². The van der Waals surface area contributed by atoms with Crippen molar-refractivity contribution in [2.45, 2.75) is 13.3 Å². The number of amides is 2. The number of carbonyl (C=O) groups excluding carboxylic acids is 2. The van der Waals surface area contributed by atoms with E-state index in [1.807, 2.05) is 36.5 Å². The van der Waals surface area contributed by atoms with E-state index in [-0.39, 0.29) is 11.8 Å². The zero-order chi connectivity index (χ0) is 18.4. The molecule has 0 saturated heterocycles. The van der Waals surface area contributed by atoms with Crippen LogP contribution in [-0.2, 0) is 16.0 Å². The van der Waals surface area contributed by atoms with Gasteiger partial charge in [0.2, 0.25) is 11.8 Å². The lowest BCUT2D eigenvalue weighted by atomic mass is 10.1. The first-order valence-corrected chi connectivity index (χ1v) is 8.50. The van der Waals surface area contributed by atoms with Gasteiger partial charge in [0.15, 0.2) is 0 Å². The molecular weight excluding hydrogens is 326 g/mol. The van der Waals surface area contributed by atoms with Gasteiger partial charge in [0.05, 0.1) is 0 Å². The van der Waals surface area contributed by atoms with Crippen molar-refractivity contribution in [3.8, 4) is 0 Å². The molecule has 0 unspecified atom stereocenters. The molecule has 5 nitrogen and oxygen atoms in total. The van der Waals surface area contributed by atoms with Crippen molar-refractivity contribution >= 4 is 34.5 Å². The molecule has 0 bridgehead atoms. The fourth-order valence-electron chi connectivity index (χ4n) is 2.77. The van der Waals surface area contributed by atoms with Crippen molar-refractivity contribution < 1.29 is 9.59 Å². The van der Waals surface area contributed by atoms with Crippen LogP contribution >= 0.6 is 0 Å². The summed E-state index contributed by atoms with van der Waals surface area (Å²) >= 11 is 0. The lowest BCUT2D eigenvalue weighted by Crippen LogP contribution is -2.23. The van der Waals surface area contributed by atoms with Gasteiger partial charge < -0.3 is 15.6 Å². The average molecular weight is 347 g/mol. The maximum Gasteiger partial charge on any atom is 0.244 e. The highest BCUT2D eigenvalue weighted by Gasteiger charge is 2.03. The van der Waals surface area contributed by atoms with Gasteiger partial charge in [-0.05, 0) is 41.8 Å². The highest BCUT2D eigenvalue weighted by Crippen LogP contribution is 2.17. The molecule has 0 saturated carbocycles. The number of hydrogen-bond acceptors (Lipinski definition) is 2. The van der Waals surface area contributed by atoms with Crippen LogP contribution < -0.4 is 10.6 Å². The molecule has 0 aliphatic carbocycles. The summed E-state index contributed by atoms with van der Waals surface area (Å²) in [6, 6.07) is 15.4. The fraction of sp³-hybridized carbons (Fsp3) is 0.143. The quantitative estimate of drug-likeness (QED) is 0.597. The van der Waals surface area contributed by atoms with Gasteiger partial charge in [0, 0.05) is 42.3 Å². The minimum Gasteiger partial charge on any atom is -0.361 e. The van der Waals surface area contributed by atoms with Crippen LogP contribution in [0.15, 0.2) is 60.8 Å². The number of nitrogens with one attached hydrogen (secondary N) is 3. The molecule has 1 aromatic heterocycles. The number of aromatic amines is 1. The van der Waals surface area contributed by atoms with Gasteiger partial charge in [-0.3, -0.25) is 9.59 Å². The normalized spacial score (nSPS) is 11.0. The molecule has 0 aliphatic heterocycles. The van der Waals surface area contributed by atoms with E-state index >= 15 is 0 Å². The molecule has 2 amide bonds. The van der Waals surface area contributed by atoms with Crippen LogP contribution in [0.1, 0.15) is 18.1 Å². The number of para-hydroxylation sites is 1. The molecule has 26 heavy (non-hydrogen) atoms. The van der Waals surface area contributed by atoms with Crippen molar-refractivity contribution in [2.24, 2.45) is 0 Å². The van der Waals surface area contributed by atoms with Crippen molar-refractivity contribution in [1.29, 1.82) is 0 Å². The molecule has 0 radical (unpaired) electrons. The number of rotatable bonds is 6. The van der Waals surface area contributed by atoms with E-state index < -0.39 is 0 Å². The summed E-state index contributed by atoms with van der Waals surface area (Å²) in [5.41, 5.74) is 3.93. The van der Waals surface area contributed by atoms with Crippen LogP contribution in [0.5, 0.6) is 0 Å². The number of aromatic nitrogens is 1. The number of anilines is 1. The number of fused-ring (bicyclic) bond motifs is 1. The molecular formula is C21H21N3O2. The highest BCUT2D eigenvalue weighted by molar-refractivity contribution is 5.92. The third kappa shape index (κ3) is 4.60. The molecule has 0 aliphatic rings. The molecule has 3 N–H and O–H groups in total. The van der Waals surface area contributed by atoms with Crippen LogP contribution in [0.3, 0.4) is 0 Å². The van der Waals surface area contributed by atoms with E-state index in [0.29, 0.717) is 6.54 Å². The van der Waals surface area contributed by atoms with Gasteiger partial charge in [0.25, 0.3) is 0 Å². The van der Waals surface area contributed by atoms with Crippen LogP contribution in [0.4, 0.5) is 5.69 Å². The first kappa shape index (κ1) is 17.5. The summed E-state index contributed by atoms with van der Waals surface area (Å²) in [7, 11) is 0. The summed E-state index contributed by atoms with van der Waals surface area (Å²) in [6.07, 6.45) is 6.03. The summed E-state index contributed by atoms with van der Waals surface area (Å²) < 4.78 is 0. The third-order valence-electron chi connectivity index (χ3n) is 4.03. The number of benzene rings is 2. The average Bonchev–Trinajstić information content (AvgIpc) is 3.04. The van der Waals surface area contributed by atoms with Crippen molar-refractivity contribution in [2.75, 3.05) is 11.9 Å². The minimum atomic E-state index is -0.129. The Labute approximate surface area is 152 Å². The Morgan fingerprint density at radius 3 is 2.62 bits per heavy atom. The van der Waals surface area contributed by atoms with E-state index in [2.05, 4.69) is 21.7 Å². The largest absolute Gasteiger partial charge is 0.361 e. The van der Waals surface area contributed by atoms with E-state index in [4.69, 9.17) is 0 Å². The lowest BCUT2D eigenvalue weighted by Gasteiger charge is -2.03. The van der Waals surface area contributed by atoms with E-state index in [1.54, 1.807) is 18.2 Å². The van der Waals surface area contributed by atoms with E-state index in [9.17, 15) is 9.59 Å². The Balaban J connectivity index is 1.49. The molecule has 3 aromatic rings. The summed E-state index contributed by atoms with van der Waals surface area (Å²) in [5, 5.41) is 6.79. The van der Waals surface area contributed by atoms with Crippen LogP contribution in [0, 0.1) is 0 Å². The number of hydrogen-bond donors (Lipinski definition) is 3. The monoisotopic (exact) mass is 347 g/mol. The van der Waals surface area contributed by atoms with Crippen molar-refractivity contribution in [1.82, 2.24) is 10.3 Å². The Kier molecular flexibility index (Phi) is 5.49.